The quantitative estimate of drug-likeness (QED) is 0.167. The van der Waals surface area contributed by atoms with E-state index in [0.29, 0.717) is 0 Å². The van der Waals surface area contributed by atoms with Crippen molar-refractivity contribution in [1.29, 1.82) is 0 Å². The topological polar surface area (TPSA) is 116 Å². The molecule has 9 heterocycles. The molecular formula is C56H51N9. The molecular weight excluding hydrogens is 799 g/mol. The van der Waals surface area contributed by atoms with Gasteiger partial charge < -0.3 is 0 Å². The van der Waals surface area contributed by atoms with E-state index in [0.717, 1.165) is 45.0 Å². The minimum atomic E-state index is 0.980. The third kappa shape index (κ3) is 14.0. The first-order valence-electron chi connectivity index (χ1n) is 21.1. The Balaban J connectivity index is 0.000000135. The molecule has 9 nitrogen and oxygen atoms in total. The van der Waals surface area contributed by atoms with Crippen LogP contribution in [0.1, 0.15) is 28.1 Å². The van der Waals surface area contributed by atoms with E-state index >= 15 is 0 Å². The van der Waals surface area contributed by atoms with Gasteiger partial charge in [-0.05, 0) is 152 Å². The first kappa shape index (κ1) is 46.1. The summed E-state index contributed by atoms with van der Waals surface area (Å²) in [6.07, 6.45) is 25.4. The van der Waals surface area contributed by atoms with Gasteiger partial charge in [-0.3, -0.25) is 44.9 Å². The molecule has 0 saturated heterocycles. The van der Waals surface area contributed by atoms with Gasteiger partial charge in [-0.1, -0.05) is 54.6 Å². The van der Waals surface area contributed by atoms with Crippen LogP contribution in [0.5, 0.6) is 0 Å². The van der Waals surface area contributed by atoms with Gasteiger partial charge in [0, 0.05) is 120 Å². The van der Waals surface area contributed by atoms with Crippen LogP contribution < -0.4 is 0 Å². The SMILES string of the molecule is Cc1cnccc1-c1ccccn1.Cc1cnccc1-c1cccnc1.Cc1cnccc1-c1ccncc1.Cc1ncccc1-c1ccccc1.Cc1ncccc1-c1ccccn1. The highest BCUT2D eigenvalue weighted by Gasteiger charge is 2.03. The lowest BCUT2D eigenvalue weighted by atomic mass is 10.0. The predicted molar refractivity (Wildman–Crippen MR) is 263 cm³/mol. The molecule has 0 aliphatic rings. The fraction of sp³-hybridized carbons (Fsp3) is 0.0893. The zero-order valence-corrected chi connectivity index (χ0v) is 37.3. The Morgan fingerprint density at radius 3 is 1.15 bits per heavy atom. The van der Waals surface area contributed by atoms with Gasteiger partial charge in [-0.25, -0.2) is 0 Å². The molecule has 0 unspecified atom stereocenters. The van der Waals surface area contributed by atoms with Crippen molar-refractivity contribution in [2.45, 2.75) is 34.6 Å². The molecule has 1 aromatic carbocycles. The number of aryl methyl sites for hydroxylation is 5. The fourth-order valence-corrected chi connectivity index (χ4v) is 6.62. The second kappa shape index (κ2) is 24.9. The van der Waals surface area contributed by atoms with Crippen molar-refractivity contribution in [3.63, 3.8) is 0 Å². The molecule has 0 amide bonds. The molecule has 0 saturated carbocycles. The summed E-state index contributed by atoms with van der Waals surface area (Å²) in [6, 6.07) is 44.1. The Kier molecular flexibility index (Phi) is 17.6. The van der Waals surface area contributed by atoms with Gasteiger partial charge >= 0.3 is 0 Å². The summed E-state index contributed by atoms with van der Waals surface area (Å²) in [7, 11) is 0. The average molecular weight is 850 g/mol. The van der Waals surface area contributed by atoms with Crippen molar-refractivity contribution in [3.8, 4) is 55.9 Å². The van der Waals surface area contributed by atoms with Crippen LogP contribution in [0.15, 0.2) is 220 Å². The first-order chi connectivity index (χ1) is 31.9. The van der Waals surface area contributed by atoms with Crippen LogP contribution in [0.3, 0.4) is 0 Å². The van der Waals surface area contributed by atoms with Crippen molar-refractivity contribution in [1.82, 2.24) is 44.9 Å². The summed E-state index contributed by atoms with van der Waals surface area (Å²) in [6.45, 7) is 10.2. The van der Waals surface area contributed by atoms with Crippen LogP contribution in [0.25, 0.3) is 55.9 Å². The highest BCUT2D eigenvalue weighted by molar-refractivity contribution is 5.67. The third-order valence-electron chi connectivity index (χ3n) is 10.0. The minimum absolute atomic E-state index is 0.980. The molecule has 0 aliphatic carbocycles. The van der Waals surface area contributed by atoms with Gasteiger partial charge in [0.15, 0.2) is 0 Å². The summed E-state index contributed by atoms with van der Waals surface area (Å²) < 4.78 is 0. The third-order valence-corrected chi connectivity index (χ3v) is 10.0. The van der Waals surface area contributed by atoms with Crippen LogP contribution >= 0.6 is 0 Å². The largest absolute Gasteiger partial charge is 0.265 e. The number of pyridine rings is 9. The average Bonchev–Trinajstić information content (AvgIpc) is 3.37. The number of rotatable bonds is 5. The summed E-state index contributed by atoms with van der Waals surface area (Å²) in [5.41, 5.74) is 17.0. The molecule has 10 rings (SSSR count). The molecule has 320 valence electrons. The highest BCUT2D eigenvalue weighted by Crippen LogP contribution is 2.23. The van der Waals surface area contributed by atoms with Crippen LogP contribution in [-0.2, 0) is 0 Å². The van der Waals surface area contributed by atoms with Gasteiger partial charge in [0.05, 0.1) is 11.4 Å². The lowest BCUT2D eigenvalue weighted by molar-refractivity contribution is 1.19. The number of benzene rings is 1. The summed E-state index contributed by atoms with van der Waals surface area (Å²) in [5, 5.41) is 0. The predicted octanol–water partition coefficient (Wildman–Crippen LogP) is 12.9. The maximum atomic E-state index is 4.28. The fourth-order valence-electron chi connectivity index (χ4n) is 6.62. The van der Waals surface area contributed by atoms with E-state index < -0.39 is 0 Å². The highest BCUT2D eigenvalue weighted by atomic mass is 14.7. The number of nitrogens with zero attached hydrogens (tertiary/aromatic N) is 9. The second-order valence-electron chi connectivity index (χ2n) is 14.6. The summed E-state index contributed by atoms with van der Waals surface area (Å²) >= 11 is 0. The van der Waals surface area contributed by atoms with Crippen LogP contribution in [0.4, 0.5) is 0 Å². The van der Waals surface area contributed by atoms with Crippen molar-refractivity contribution >= 4 is 0 Å². The Hall–Kier alpha value is -8.43. The molecule has 0 spiro atoms. The Labute approximate surface area is 382 Å². The molecule has 0 fully saturated rings. The minimum Gasteiger partial charge on any atom is -0.265 e. The number of hydrogen-bond acceptors (Lipinski definition) is 9. The maximum absolute atomic E-state index is 4.28. The lowest BCUT2D eigenvalue weighted by Crippen LogP contribution is -1.87. The molecule has 0 N–H and O–H groups in total. The smallest absolute Gasteiger partial charge is 0.0720 e. The van der Waals surface area contributed by atoms with Crippen LogP contribution in [0, 0.1) is 34.6 Å². The summed E-state index contributed by atoms with van der Waals surface area (Å²) in [4.78, 5) is 37.2. The molecule has 65 heavy (non-hydrogen) atoms. The van der Waals surface area contributed by atoms with E-state index in [1.165, 1.54) is 38.9 Å². The Bertz CT molecular complexity index is 2450. The van der Waals surface area contributed by atoms with Gasteiger partial charge in [0.2, 0.25) is 0 Å². The maximum Gasteiger partial charge on any atom is 0.0720 e. The summed E-state index contributed by atoms with van der Waals surface area (Å²) in [5.74, 6) is 0. The van der Waals surface area contributed by atoms with Crippen molar-refractivity contribution in [2.24, 2.45) is 0 Å². The monoisotopic (exact) mass is 849 g/mol. The van der Waals surface area contributed by atoms with Crippen molar-refractivity contribution in [3.05, 3.63) is 248 Å². The van der Waals surface area contributed by atoms with E-state index in [9.17, 15) is 0 Å². The van der Waals surface area contributed by atoms with Crippen molar-refractivity contribution < 1.29 is 0 Å². The van der Waals surface area contributed by atoms with E-state index in [1.54, 1.807) is 49.6 Å². The molecule has 0 aliphatic heterocycles. The zero-order valence-electron chi connectivity index (χ0n) is 37.3. The number of aromatic nitrogens is 9. The normalized spacial score (nSPS) is 9.92. The standard InChI is InChI=1S/C12H11N.4C11H10N2/c1-10-12(8-5-9-13-10)11-6-3-2-4-7-11;1-9-8-13-7-4-11(9)10-2-5-12-6-3-10;1-9-10(5-4-8-12-9)11-6-2-3-7-13-11;1-9-7-13-6-4-11(9)10-3-2-5-12-8-10;1-9-8-12-7-5-10(9)11-4-2-3-6-13-11/h2-9H,1H3;4*2-8H,1H3. The molecule has 0 radical (unpaired) electrons. The molecule has 9 aromatic heterocycles. The molecule has 0 atom stereocenters. The lowest BCUT2D eigenvalue weighted by Gasteiger charge is -2.03. The van der Waals surface area contributed by atoms with E-state index in [4.69, 9.17) is 0 Å². The number of hydrogen-bond donors (Lipinski definition) is 0. The Morgan fingerprint density at radius 1 is 0.246 bits per heavy atom. The van der Waals surface area contributed by atoms with Gasteiger partial charge in [-0.2, -0.15) is 0 Å². The molecule has 9 heteroatoms. The first-order valence-corrected chi connectivity index (χ1v) is 21.1. The van der Waals surface area contributed by atoms with E-state index in [2.05, 4.69) is 83.0 Å². The van der Waals surface area contributed by atoms with Gasteiger partial charge in [0.25, 0.3) is 0 Å². The van der Waals surface area contributed by atoms with E-state index in [1.807, 2.05) is 167 Å². The Morgan fingerprint density at radius 2 is 0.662 bits per heavy atom. The van der Waals surface area contributed by atoms with E-state index in [-0.39, 0.29) is 0 Å². The van der Waals surface area contributed by atoms with Gasteiger partial charge in [0.1, 0.15) is 0 Å². The second-order valence-corrected chi connectivity index (χ2v) is 14.6. The molecule has 0 bridgehead atoms. The van der Waals surface area contributed by atoms with Crippen LogP contribution in [-0.4, -0.2) is 44.9 Å². The molecule has 10 aromatic rings. The van der Waals surface area contributed by atoms with Crippen molar-refractivity contribution in [2.75, 3.05) is 0 Å². The zero-order chi connectivity index (χ0) is 45.5. The van der Waals surface area contributed by atoms with Crippen LogP contribution in [0.2, 0.25) is 0 Å². The van der Waals surface area contributed by atoms with Gasteiger partial charge in [-0.15, -0.1) is 0 Å².